The molecule has 5 nitrogen and oxygen atoms in total. The van der Waals surface area contributed by atoms with Gasteiger partial charge in [0.2, 0.25) is 0 Å². The summed E-state index contributed by atoms with van der Waals surface area (Å²) < 4.78 is 6.88. The quantitative estimate of drug-likeness (QED) is 0.680. The normalized spacial score (nSPS) is 10.9. The summed E-state index contributed by atoms with van der Waals surface area (Å²) in [6.07, 6.45) is 4.88. The van der Waals surface area contributed by atoms with Crippen molar-refractivity contribution in [1.29, 1.82) is 0 Å². The first-order valence-corrected chi connectivity index (χ1v) is 7.68. The van der Waals surface area contributed by atoms with Gasteiger partial charge >= 0.3 is 5.97 Å². The first-order valence-electron chi connectivity index (χ1n) is 6.80. The molecule has 0 radical (unpaired) electrons. The molecule has 0 N–H and O–H groups in total. The third-order valence-electron chi connectivity index (χ3n) is 3.03. The first kappa shape index (κ1) is 13.8. The summed E-state index contributed by atoms with van der Waals surface area (Å²) in [6.45, 7) is 2.23. The Kier molecular flexibility index (Phi) is 3.96. The van der Waals surface area contributed by atoms with E-state index in [1.54, 1.807) is 11.3 Å². The molecule has 108 valence electrons. The third kappa shape index (κ3) is 3.11. The summed E-state index contributed by atoms with van der Waals surface area (Å²) in [6, 6.07) is 5.88. The van der Waals surface area contributed by atoms with Gasteiger partial charge < -0.3 is 9.14 Å². The van der Waals surface area contributed by atoms with Crippen LogP contribution in [0.25, 0.3) is 16.3 Å². The molecule has 0 fully saturated rings. The van der Waals surface area contributed by atoms with E-state index in [0.717, 1.165) is 22.0 Å². The number of hydrogen-bond donors (Lipinski definition) is 0. The number of rotatable bonds is 5. The number of thiazole rings is 1. The number of nitrogens with zero attached hydrogens (tertiary/aromatic N) is 3. The van der Waals surface area contributed by atoms with Gasteiger partial charge in [-0.2, -0.15) is 0 Å². The van der Waals surface area contributed by atoms with Gasteiger partial charge in [0.1, 0.15) is 16.3 Å². The number of aryl methyl sites for hydroxylation is 1. The highest BCUT2D eigenvalue weighted by Gasteiger charge is 2.10. The first-order chi connectivity index (χ1) is 10.3. The predicted molar refractivity (Wildman–Crippen MR) is 81.3 cm³/mol. The minimum absolute atomic E-state index is 0.181. The molecule has 3 aromatic heterocycles. The average molecular weight is 301 g/mol. The number of carbonyl (C=O) groups is 1. The number of pyridine rings is 1. The van der Waals surface area contributed by atoms with E-state index in [2.05, 4.69) is 9.97 Å². The van der Waals surface area contributed by atoms with Crippen molar-refractivity contribution in [2.75, 3.05) is 6.61 Å². The molecule has 0 aliphatic carbocycles. The lowest BCUT2D eigenvalue weighted by Gasteiger charge is -1.98. The van der Waals surface area contributed by atoms with E-state index in [0.29, 0.717) is 19.4 Å². The van der Waals surface area contributed by atoms with Gasteiger partial charge in [-0.25, -0.2) is 9.97 Å². The lowest BCUT2D eigenvalue weighted by atomic mass is 10.2. The van der Waals surface area contributed by atoms with Gasteiger partial charge in [0.15, 0.2) is 0 Å². The Hall–Kier alpha value is -2.21. The Balaban J connectivity index is 1.73. The number of carbonyl (C=O) groups excluding carboxylic acids is 1. The fraction of sp³-hybridized carbons (Fsp3) is 0.267. The standard InChI is InChI=1S/C15H15N3O2S/c1-2-20-14(19)7-6-11-10-21-15(16-11)12-9-18-8-4-3-5-13(18)17-12/h3-5,8-10H,2,6-7H2,1H3. The Labute approximate surface area is 126 Å². The molecule has 0 spiro atoms. The van der Waals surface area contributed by atoms with Crippen LogP contribution in [-0.4, -0.2) is 26.9 Å². The fourth-order valence-corrected chi connectivity index (χ4v) is 2.85. The van der Waals surface area contributed by atoms with Gasteiger partial charge in [-0.15, -0.1) is 11.3 Å². The van der Waals surface area contributed by atoms with Crippen molar-refractivity contribution >= 4 is 23.0 Å². The molecule has 0 aromatic carbocycles. The number of ether oxygens (including phenoxy) is 1. The molecule has 0 aliphatic heterocycles. The zero-order valence-corrected chi connectivity index (χ0v) is 12.5. The van der Waals surface area contributed by atoms with Crippen LogP contribution in [0.3, 0.4) is 0 Å². The molecule has 21 heavy (non-hydrogen) atoms. The van der Waals surface area contributed by atoms with Crippen molar-refractivity contribution in [2.24, 2.45) is 0 Å². The van der Waals surface area contributed by atoms with E-state index < -0.39 is 0 Å². The highest BCUT2D eigenvalue weighted by molar-refractivity contribution is 7.13. The smallest absolute Gasteiger partial charge is 0.306 e. The molecule has 0 amide bonds. The molecular formula is C15H15N3O2S. The van der Waals surface area contributed by atoms with Crippen LogP contribution in [0.4, 0.5) is 0 Å². The molecule has 0 bridgehead atoms. The van der Waals surface area contributed by atoms with Crippen LogP contribution in [0.15, 0.2) is 36.0 Å². The molecule has 0 saturated heterocycles. The molecular weight excluding hydrogens is 286 g/mol. The van der Waals surface area contributed by atoms with Crippen LogP contribution in [0, 0.1) is 0 Å². The Morgan fingerprint density at radius 1 is 1.38 bits per heavy atom. The summed E-state index contributed by atoms with van der Waals surface area (Å²) in [4.78, 5) is 20.4. The zero-order chi connectivity index (χ0) is 14.7. The van der Waals surface area contributed by atoms with E-state index >= 15 is 0 Å². The van der Waals surface area contributed by atoms with Gasteiger partial charge in [-0.1, -0.05) is 6.07 Å². The SMILES string of the molecule is CCOC(=O)CCc1csc(-c2cn3ccccc3n2)n1. The molecule has 6 heteroatoms. The monoisotopic (exact) mass is 301 g/mol. The average Bonchev–Trinajstić information content (AvgIpc) is 3.11. The van der Waals surface area contributed by atoms with Gasteiger partial charge in [-0.3, -0.25) is 4.79 Å². The number of aromatic nitrogens is 3. The maximum absolute atomic E-state index is 11.3. The summed E-state index contributed by atoms with van der Waals surface area (Å²) in [5.41, 5.74) is 2.66. The van der Waals surface area contributed by atoms with Gasteiger partial charge in [-0.05, 0) is 19.1 Å². The topological polar surface area (TPSA) is 56.5 Å². The minimum atomic E-state index is -0.181. The van der Waals surface area contributed by atoms with Crippen molar-refractivity contribution in [2.45, 2.75) is 19.8 Å². The van der Waals surface area contributed by atoms with Crippen molar-refractivity contribution in [3.05, 3.63) is 41.7 Å². The Morgan fingerprint density at radius 2 is 2.29 bits per heavy atom. The maximum Gasteiger partial charge on any atom is 0.306 e. The lowest BCUT2D eigenvalue weighted by molar-refractivity contribution is -0.143. The lowest BCUT2D eigenvalue weighted by Crippen LogP contribution is -2.05. The maximum atomic E-state index is 11.3. The number of hydrogen-bond acceptors (Lipinski definition) is 5. The van der Waals surface area contributed by atoms with Crippen molar-refractivity contribution in [3.63, 3.8) is 0 Å². The van der Waals surface area contributed by atoms with Crippen LogP contribution >= 0.6 is 11.3 Å². The molecule has 3 rings (SSSR count). The Bertz CT molecular complexity index is 730. The second kappa shape index (κ2) is 6.05. The summed E-state index contributed by atoms with van der Waals surface area (Å²) >= 11 is 1.54. The molecule has 3 heterocycles. The largest absolute Gasteiger partial charge is 0.466 e. The van der Waals surface area contributed by atoms with Crippen LogP contribution in [0.1, 0.15) is 19.0 Å². The third-order valence-corrected chi connectivity index (χ3v) is 3.94. The second-order valence-electron chi connectivity index (χ2n) is 4.54. The summed E-state index contributed by atoms with van der Waals surface area (Å²) in [7, 11) is 0. The highest BCUT2D eigenvalue weighted by atomic mass is 32.1. The second-order valence-corrected chi connectivity index (χ2v) is 5.40. The van der Waals surface area contributed by atoms with Crippen LogP contribution in [0.2, 0.25) is 0 Å². The van der Waals surface area contributed by atoms with E-state index in [1.807, 2.05) is 47.3 Å². The summed E-state index contributed by atoms with van der Waals surface area (Å²) in [5.74, 6) is -0.181. The molecule has 0 aliphatic rings. The zero-order valence-electron chi connectivity index (χ0n) is 11.7. The van der Waals surface area contributed by atoms with Crippen LogP contribution < -0.4 is 0 Å². The summed E-state index contributed by atoms with van der Waals surface area (Å²) in [5, 5.41) is 2.84. The van der Waals surface area contributed by atoms with E-state index in [-0.39, 0.29) is 5.97 Å². The number of fused-ring (bicyclic) bond motifs is 1. The van der Waals surface area contributed by atoms with Gasteiger partial charge in [0, 0.05) is 24.2 Å². The number of esters is 1. The minimum Gasteiger partial charge on any atom is -0.466 e. The number of imidazole rings is 1. The molecule has 3 aromatic rings. The van der Waals surface area contributed by atoms with Crippen LogP contribution in [0.5, 0.6) is 0 Å². The van der Waals surface area contributed by atoms with Crippen molar-refractivity contribution in [1.82, 2.24) is 14.4 Å². The van der Waals surface area contributed by atoms with E-state index in [1.165, 1.54) is 0 Å². The van der Waals surface area contributed by atoms with E-state index in [9.17, 15) is 4.79 Å². The fourth-order valence-electron chi connectivity index (χ4n) is 2.04. The van der Waals surface area contributed by atoms with Gasteiger partial charge in [0.05, 0.1) is 18.7 Å². The molecule has 0 atom stereocenters. The van der Waals surface area contributed by atoms with Crippen molar-refractivity contribution in [3.8, 4) is 10.7 Å². The Morgan fingerprint density at radius 3 is 3.10 bits per heavy atom. The van der Waals surface area contributed by atoms with Gasteiger partial charge in [0.25, 0.3) is 0 Å². The predicted octanol–water partition coefficient (Wildman–Crippen LogP) is 2.95. The molecule has 0 saturated carbocycles. The van der Waals surface area contributed by atoms with Crippen LogP contribution in [-0.2, 0) is 16.0 Å². The van der Waals surface area contributed by atoms with Crippen molar-refractivity contribution < 1.29 is 9.53 Å². The highest BCUT2D eigenvalue weighted by Crippen LogP contribution is 2.23. The molecule has 0 unspecified atom stereocenters. The van der Waals surface area contributed by atoms with E-state index in [4.69, 9.17) is 4.74 Å².